The number of aliphatic hydroxyl groups excluding tert-OH is 1. The second-order valence-electron chi connectivity index (χ2n) is 21.8. The van der Waals surface area contributed by atoms with Gasteiger partial charge in [-0.25, -0.2) is 14.2 Å². The van der Waals surface area contributed by atoms with Crippen molar-refractivity contribution < 1.29 is 91.0 Å². The highest BCUT2D eigenvalue weighted by Gasteiger charge is 2.46. The van der Waals surface area contributed by atoms with Crippen LogP contribution in [0.5, 0.6) is 0 Å². The predicted octanol–water partition coefficient (Wildman–Crippen LogP) is -3.32. The fourth-order valence-corrected chi connectivity index (χ4v) is 11.8. The number of ether oxygens (including phenoxy) is 6. The molecule has 490 valence electrons. The number of pyridine rings is 2. The Bertz CT molecular complexity index is 3300. The van der Waals surface area contributed by atoms with Crippen molar-refractivity contribution >= 4 is 81.8 Å². The Morgan fingerprint density at radius 2 is 1.38 bits per heavy atom. The topological polar surface area (TPSA) is 392 Å². The minimum atomic E-state index is -2.08. The van der Waals surface area contributed by atoms with Crippen LogP contribution in [-0.4, -0.2) is 231 Å². The number of carbonyl (C=O) groups is 10. The molecule has 4 aliphatic heterocycles. The van der Waals surface area contributed by atoms with Gasteiger partial charge in [0.15, 0.2) is 5.60 Å². The van der Waals surface area contributed by atoms with E-state index in [1.165, 1.54) is 32.2 Å². The van der Waals surface area contributed by atoms with E-state index in [-0.39, 0.29) is 132 Å². The van der Waals surface area contributed by atoms with Gasteiger partial charge >= 0.3 is 5.97 Å². The largest absolute Gasteiger partial charge is 0.458 e. The van der Waals surface area contributed by atoms with Crippen molar-refractivity contribution in [3.8, 4) is 11.4 Å². The average molecular weight is 1280 g/mol. The number of halogens is 1. The lowest BCUT2D eigenvalue weighted by atomic mass is 9.81. The first-order valence-electron chi connectivity index (χ1n) is 29.6. The maximum absolute atomic E-state index is 15.5. The molecule has 8 rings (SSSR count). The minimum absolute atomic E-state index is 0.000334. The van der Waals surface area contributed by atoms with Crippen LogP contribution >= 0.6 is 11.8 Å². The lowest BCUT2D eigenvalue weighted by molar-refractivity contribution is -0.172. The fraction of sp³-hybridized carbons (Fsp3) is 0.586. The number of morpholine rings is 1. The number of benzene rings is 1. The van der Waals surface area contributed by atoms with Crippen molar-refractivity contribution in [1.29, 1.82) is 0 Å². The number of nitrogens with one attached hydrogen (secondary N) is 7. The number of amides is 9. The Morgan fingerprint density at radius 1 is 0.778 bits per heavy atom. The number of aliphatic hydroxyl groups is 2. The number of aryl methyl sites for hydroxylation is 1. The molecule has 3 aromatic rings. The van der Waals surface area contributed by atoms with Crippen molar-refractivity contribution in [3.63, 3.8) is 0 Å². The average Bonchev–Trinajstić information content (AvgIpc) is 1.45. The highest BCUT2D eigenvalue weighted by Crippen LogP contribution is 2.46. The van der Waals surface area contributed by atoms with E-state index in [1.54, 1.807) is 19.9 Å². The number of carbonyl (C=O) groups excluding carboxylic acids is 10. The summed E-state index contributed by atoms with van der Waals surface area (Å²) >= 11 is 1.42. The number of nitrogens with zero attached hydrogens (tertiary/aromatic N) is 4. The second kappa shape index (κ2) is 31.8. The van der Waals surface area contributed by atoms with E-state index >= 15 is 4.39 Å². The third-order valence-corrected chi connectivity index (χ3v) is 17.1. The smallest absolute Gasteiger partial charge is 0.343 e. The highest BCUT2D eigenvalue weighted by atomic mass is 32.2. The first-order valence-corrected chi connectivity index (χ1v) is 30.9. The summed E-state index contributed by atoms with van der Waals surface area (Å²) in [5.74, 6) is -6.43. The Hall–Kier alpha value is -7.72. The summed E-state index contributed by atoms with van der Waals surface area (Å²) in [6.45, 7) is 2.61. The Morgan fingerprint density at radius 3 is 2.00 bits per heavy atom. The van der Waals surface area contributed by atoms with Gasteiger partial charge in [-0.15, -0.1) is 0 Å². The lowest BCUT2D eigenvalue weighted by Crippen LogP contribution is -2.58. The number of hydrogen-bond donors (Lipinski definition) is 9. The molecular formula is C58H76FN11O19S. The van der Waals surface area contributed by atoms with Crippen molar-refractivity contribution in [3.05, 3.63) is 61.7 Å². The van der Waals surface area contributed by atoms with Crippen LogP contribution in [0, 0.1) is 12.7 Å². The molecular weight excluding hydrogens is 1210 g/mol. The van der Waals surface area contributed by atoms with Crippen LogP contribution in [-0.2, 0) is 102 Å². The molecule has 0 spiro atoms. The van der Waals surface area contributed by atoms with E-state index < -0.39 is 115 Å². The summed E-state index contributed by atoms with van der Waals surface area (Å²) in [5, 5.41) is 39.5. The Balaban J connectivity index is 0.662. The van der Waals surface area contributed by atoms with Gasteiger partial charge < -0.3 is 90.2 Å². The monoisotopic (exact) mass is 1280 g/mol. The van der Waals surface area contributed by atoms with Crippen molar-refractivity contribution in [2.24, 2.45) is 0 Å². The maximum Gasteiger partial charge on any atom is 0.343 e. The summed E-state index contributed by atoms with van der Waals surface area (Å²) < 4.78 is 49.5. The molecule has 90 heavy (non-hydrogen) atoms. The maximum atomic E-state index is 15.5. The molecule has 2 unspecified atom stereocenters. The van der Waals surface area contributed by atoms with Gasteiger partial charge in [-0.2, -0.15) is 11.8 Å². The van der Waals surface area contributed by atoms with E-state index in [1.807, 2.05) is 6.26 Å². The summed E-state index contributed by atoms with van der Waals surface area (Å²) in [4.78, 5) is 148. The first-order chi connectivity index (χ1) is 43.2. The standard InChI is InChI=1S/C58H76FN11O19S/c1-4-58(83)36-21-40-53-34(29-70(40)55(80)35(36)30-89-57(58)82)52-38(6-5-33-32(2)37(59)22-39(66-53)51(33)52)67-54(79)41-31-88-14-11-68(41)50(78)28-65-48(76)27-64-47(75)26-63-46(74)25-62-45(73)24-61-44(72)8-12-84-15-17-86-19-20-87-18-16-85-13-9-60-43(71)7-10-69-49(77)23-42(90-3)56(69)81/h21-22,38,41-42,56,81,83H,4-20,23-31H2,1-3H3,(H,60,71)(H,61,72)(H,62,73)(H,63,74)(H,64,75)(H,65,76)(H,67,79)/t38-,41+,42?,56?,58-/m1/s1. The van der Waals surface area contributed by atoms with Gasteiger partial charge in [0.25, 0.3) is 5.56 Å². The number of hydrogen-bond acceptors (Lipinski definition) is 21. The summed E-state index contributed by atoms with van der Waals surface area (Å²) in [7, 11) is 0. The SMILES string of the molecule is CC[C@]1(O)C(=O)OCc2c1cc1n(c2=O)Cc2c-1nc1cc(F)c(C)c3c1c2[C@H](NC(=O)[C@@H]1COCCN1C(=O)CNC(=O)CNC(=O)CNC(=O)CNC(=O)CNC(=O)CCOCCOCCOCCOCCNC(=O)CCN1C(=O)CC(SC)C1O)CC3. The van der Waals surface area contributed by atoms with Crippen LogP contribution < -0.4 is 42.8 Å². The molecule has 0 saturated carbocycles. The molecule has 5 atom stereocenters. The zero-order chi connectivity index (χ0) is 64.6. The second-order valence-corrected chi connectivity index (χ2v) is 22.8. The zero-order valence-corrected chi connectivity index (χ0v) is 51.1. The molecule has 9 amide bonds. The number of esters is 1. The lowest BCUT2D eigenvalue weighted by Gasteiger charge is -2.36. The summed E-state index contributed by atoms with van der Waals surface area (Å²) in [6.07, 6.45) is 1.82. The minimum Gasteiger partial charge on any atom is -0.458 e. The van der Waals surface area contributed by atoms with Crippen LogP contribution in [0.3, 0.4) is 0 Å². The molecule has 0 bridgehead atoms. The summed E-state index contributed by atoms with van der Waals surface area (Å²) in [5.41, 5.74) is 0.853. The van der Waals surface area contributed by atoms with Gasteiger partial charge in [0, 0.05) is 61.5 Å². The van der Waals surface area contributed by atoms with Crippen molar-refractivity contribution in [2.75, 3.05) is 125 Å². The van der Waals surface area contributed by atoms with E-state index in [4.69, 9.17) is 33.4 Å². The van der Waals surface area contributed by atoms with E-state index in [0.29, 0.717) is 78.3 Å². The van der Waals surface area contributed by atoms with Gasteiger partial charge in [0.2, 0.25) is 53.2 Å². The molecule has 2 aromatic heterocycles. The van der Waals surface area contributed by atoms with Crippen LogP contribution in [0.25, 0.3) is 22.3 Å². The van der Waals surface area contributed by atoms with Crippen molar-refractivity contribution in [2.45, 2.75) is 94.7 Å². The number of likely N-dealkylation sites (tertiary alicyclic amines) is 1. The third kappa shape index (κ3) is 16.6. The van der Waals surface area contributed by atoms with Gasteiger partial charge in [-0.3, -0.25) is 47.9 Å². The van der Waals surface area contributed by atoms with E-state index in [2.05, 4.69) is 37.2 Å². The van der Waals surface area contributed by atoms with Crippen LogP contribution in [0.1, 0.15) is 78.5 Å². The number of aromatic nitrogens is 2. The predicted molar refractivity (Wildman–Crippen MR) is 315 cm³/mol. The molecule has 9 N–H and O–H groups in total. The molecule has 32 heteroatoms. The quantitative estimate of drug-likeness (QED) is 0.0171. The molecule has 1 aliphatic carbocycles. The normalized spacial score (nSPS) is 19.7. The van der Waals surface area contributed by atoms with Crippen LogP contribution in [0.2, 0.25) is 0 Å². The third-order valence-electron chi connectivity index (χ3n) is 16.1. The van der Waals surface area contributed by atoms with E-state index in [9.17, 15) is 63.0 Å². The number of rotatable bonds is 32. The van der Waals surface area contributed by atoms with Gasteiger partial charge in [-0.1, -0.05) is 6.92 Å². The van der Waals surface area contributed by atoms with Crippen LogP contribution in [0.4, 0.5) is 4.39 Å². The molecule has 6 heterocycles. The molecule has 1 aromatic carbocycles. The molecule has 2 saturated heterocycles. The van der Waals surface area contributed by atoms with Gasteiger partial charge in [0.05, 0.1) is 139 Å². The first kappa shape index (κ1) is 68.2. The molecule has 30 nitrogen and oxygen atoms in total. The van der Waals surface area contributed by atoms with Crippen molar-refractivity contribution in [1.82, 2.24) is 56.6 Å². The number of fused-ring (bicyclic) bond motifs is 5. The van der Waals surface area contributed by atoms with Crippen LogP contribution in [0.15, 0.2) is 16.9 Å². The fourth-order valence-electron chi connectivity index (χ4n) is 11.1. The number of thioether (sulfide) groups is 1. The van der Waals surface area contributed by atoms with E-state index in [0.717, 1.165) is 0 Å². The number of cyclic esters (lactones) is 1. The zero-order valence-electron chi connectivity index (χ0n) is 50.3. The molecule has 5 aliphatic rings. The molecule has 2 fully saturated rings. The Labute approximate surface area is 520 Å². The Kier molecular flexibility index (Phi) is 24.1. The highest BCUT2D eigenvalue weighted by molar-refractivity contribution is 7.99. The summed E-state index contributed by atoms with van der Waals surface area (Å²) in [6, 6.07) is 0.993. The van der Waals surface area contributed by atoms with Gasteiger partial charge in [-0.05, 0) is 55.2 Å². The molecule has 0 radical (unpaired) electrons. The van der Waals surface area contributed by atoms with Gasteiger partial charge in [0.1, 0.15) is 24.7 Å².